The van der Waals surface area contributed by atoms with E-state index in [9.17, 15) is 4.79 Å². The summed E-state index contributed by atoms with van der Waals surface area (Å²) in [5, 5.41) is 0. The third kappa shape index (κ3) is 3.12. The minimum atomic E-state index is -0.546. The highest BCUT2D eigenvalue weighted by molar-refractivity contribution is 9.10. The molecule has 0 saturated carbocycles. The van der Waals surface area contributed by atoms with E-state index >= 15 is 0 Å². The molecular formula is C14H13BrN2O2. The molecular weight excluding hydrogens is 308 g/mol. The standard InChI is InChI=1S/C14H13BrN2O2/c1-8-6-12(13(14(16)18)9(2)17-8)19-11-5-3-4-10(15)7-11/h3-7H,1-2H3,(H2,16,18). The first-order valence-corrected chi connectivity index (χ1v) is 6.48. The van der Waals surface area contributed by atoms with Gasteiger partial charge in [-0.05, 0) is 32.0 Å². The predicted octanol–water partition coefficient (Wildman–Crippen LogP) is 3.35. The molecule has 2 rings (SSSR count). The van der Waals surface area contributed by atoms with Crippen LogP contribution < -0.4 is 10.5 Å². The molecule has 4 nitrogen and oxygen atoms in total. The van der Waals surface area contributed by atoms with E-state index in [0.29, 0.717) is 22.8 Å². The molecule has 0 unspecified atom stereocenters. The van der Waals surface area contributed by atoms with Gasteiger partial charge in [0.15, 0.2) is 0 Å². The van der Waals surface area contributed by atoms with Crippen LogP contribution in [0.2, 0.25) is 0 Å². The molecule has 0 atom stereocenters. The van der Waals surface area contributed by atoms with Gasteiger partial charge in [0.25, 0.3) is 5.91 Å². The molecule has 0 fully saturated rings. The Morgan fingerprint density at radius 3 is 2.68 bits per heavy atom. The lowest BCUT2D eigenvalue weighted by atomic mass is 10.1. The maximum Gasteiger partial charge on any atom is 0.254 e. The molecule has 0 aliphatic rings. The van der Waals surface area contributed by atoms with Crippen LogP contribution in [0, 0.1) is 13.8 Å². The van der Waals surface area contributed by atoms with Crippen molar-refractivity contribution in [2.24, 2.45) is 5.73 Å². The van der Waals surface area contributed by atoms with Crippen LogP contribution in [0.25, 0.3) is 0 Å². The highest BCUT2D eigenvalue weighted by atomic mass is 79.9. The van der Waals surface area contributed by atoms with Gasteiger partial charge < -0.3 is 10.5 Å². The predicted molar refractivity (Wildman–Crippen MR) is 76.4 cm³/mol. The molecule has 1 aromatic carbocycles. The van der Waals surface area contributed by atoms with Crippen LogP contribution in [0.5, 0.6) is 11.5 Å². The maximum absolute atomic E-state index is 11.5. The molecule has 5 heteroatoms. The van der Waals surface area contributed by atoms with Crippen molar-refractivity contribution < 1.29 is 9.53 Å². The summed E-state index contributed by atoms with van der Waals surface area (Å²) in [6.07, 6.45) is 0. The normalized spacial score (nSPS) is 10.3. The second-order valence-electron chi connectivity index (χ2n) is 4.15. The summed E-state index contributed by atoms with van der Waals surface area (Å²) in [4.78, 5) is 15.7. The molecule has 0 aliphatic carbocycles. The molecule has 0 bridgehead atoms. The topological polar surface area (TPSA) is 65.2 Å². The average Bonchev–Trinajstić information content (AvgIpc) is 2.26. The van der Waals surface area contributed by atoms with E-state index in [-0.39, 0.29) is 0 Å². The van der Waals surface area contributed by atoms with Gasteiger partial charge >= 0.3 is 0 Å². The summed E-state index contributed by atoms with van der Waals surface area (Å²) in [7, 11) is 0. The van der Waals surface area contributed by atoms with E-state index in [1.54, 1.807) is 19.1 Å². The monoisotopic (exact) mass is 320 g/mol. The minimum absolute atomic E-state index is 0.311. The van der Waals surface area contributed by atoms with Gasteiger partial charge in [-0.15, -0.1) is 0 Å². The van der Waals surface area contributed by atoms with Crippen molar-refractivity contribution in [1.82, 2.24) is 4.98 Å². The number of nitrogens with two attached hydrogens (primary N) is 1. The molecule has 0 radical (unpaired) electrons. The Hall–Kier alpha value is -1.88. The van der Waals surface area contributed by atoms with E-state index < -0.39 is 5.91 Å². The number of aryl methyl sites for hydroxylation is 2. The number of nitrogens with zero attached hydrogens (tertiary/aromatic N) is 1. The van der Waals surface area contributed by atoms with E-state index in [1.165, 1.54) is 0 Å². The van der Waals surface area contributed by atoms with Crippen molar-refractivity contribution in [3.63, 3.8) is 0 Å². The SMILES string of the molecule is Cc1cc(Oc2cccc(Br)c2)c(C(N)=O)c(C)n1. The van der Waals surface area contributed by atoms with Gasteiger partial charge in [0.2, 0.25) is 0 Å². The van der Waals surface area contributed by atoms with Gasteiger partial charge in [-0.25, -0.2) is 0 Å². The van der Waals surface area contributed by atoms with Crippen molar-refractivity contribution >= 4 is 21.8 Å². The van der Waals surface area contributed by atoms with Crippen molar-refractivity contribution in [1.29, 1.82) is 0 Å². The Morgan fingerprint density at radius 1 is 1.32 bits per heavy atom. The number of aromatic nitrogens is 1. The van der Waals surface area contributed by atoms with Gasteiger partial charge in [0, 0.05) is 16.2 Å². The third-order valence-electron chi connectivity index (χ3n) is 2.56. The summed E-state index contributed by atoms with van der Waals surface area (Å²) in [5.41, 5.74) is 7.03. The molecule has 1 heterocycles. The van der Waals surface area contributed by atoms with Crippen LogP contribution in [0.4, 0.5) is 0 Å². The van der Waals surface area contributed by atoms with Crippen LogP contribution in [0.15, 0.2) is 34.8 Å². The first kappa shape index (κ1) is 13.5. The maximum atomic E-state index is 11.5. The van der Waals surface area contributed by atoms with Crippen molar-refractivity contribution in [3.8, 4) is 11.5 Å². The van der Waals surface area contributed by atoms with Crippen LogP contribution in [-0.2, 0) is 0 Å². The summed E-state index contributed by atoms with van der Waals surface area (Å²) >= 11 is 3.37. The fourth-order valence-electron chi connectivity index (χ4n) is 1.83. The van der Waals surface area contributed by atoms with Crippen molar-refractivity contribution in [3.05, 3.63) is 51.8 Å². The second-order valence-corrected chi connectivity index (χ2v) is 5.06. The molecule has 2 N–H and O–H groups in total. The number of hydrogen-bond donors (Lipinski definition) is 1. The summed E-state index contributed by atoms with van der Waals surface area (Å²) < 4.78 is 6.64. The van der Waals surface area contributed by atoms with E-state index in [4.69, 9.17) is 10.5 Å². The molecule has 98 valence electrons. The number of rotatable bonds is 3. The zero-order valence-corrected chi connectivity index (χ0v) is 12.2. The largest absolute Gasteiger partial charge is 0.456 e. The van der Waals surface area contributed by atoms with Crippen molar-refractivity contribution in [2.45, 2.75) is 13.8 Å². The lowest BCUT2D eigenvalue weighted by Gasteiger charge is -2.12. The molecule has 0 aliphatic heterocycles. The van der Waals surface area contributed by atoms with Crippen LogP contribution in [0.1, 0.15) is 21.7 Å². The summed E-state index contributed by atoms with van der Waals surface area (Å²) in [6.45, 7) is 3.58. The number of hydrogen-bond acceptors (Lipinski definition) is 3. The molecule has 0 saturated heterocycles. The number of halogens is 1. The highest BCUT2D eigenvalue weighted by Crippen LogP contribution is 2.29. The lowest BCUT2D eigenvalue weighted by molar-refractivity contribution is 0.0997. The molecule has 19 heavy (non-hydrogen) atoms. The lowest BCUT2D eigenvalue weighted by Crippen LogP contribution is -2.15. The number of amides is 1. The average molecular weight is 321 g/mol. The first-order chi connectivity index (χ1) is 8.97. The number of carbonyl (C=O) groups is 1. The number of benzene rings is 1. The number of primary amides is 1. The van der Waals surface area contributed by atoms with Gasteiger partial charge in [-0.2, -0.15) is 0 Å². The van der Waals surface area contributed by atoms with Crippen LogP contribution in [-0.4, -0.2) is 10.9 Å². The molecule has 0 spiro atoms. The Kier molecular flexibility index (Phi) is 3.85. The number of pyridine rings is 1. The van der Waals surface area contributed by atoms with Crippen molar-refractivity contribution in [2.75, 3.05) is 0 Å². The zero-order chi connectivity index (χ0) is 14.0. The smallest absolute Gasteiger partial charge is 0.254 e. The first-order valence-electron chi connectivity index (χ1n) is 5.69. The zero-order valence-electron chi connectivity index (χ0n) is 10.6. The van der Waals surface area contributed by atoms with Gasteiger partial charge in [0.1, 0.15) is 17.1 Å². The number of ether oxygens (including phenoxy) is 1. The Morgan fingerprint density at radius 2 is 2.05 bits per heavy atom. The quantitative estimate of drug-likeness (QED) is 0.943. The fraction of sp³-hybridized carbons (Fsp3) is 0.143. The fourth-order valence-corrected chi connectivity index (χ4v) is 2.21. The van der Waals surface area contributed by atoms with Crippen LogP contribution in [0.3, 0.4) is 0 Å². The van der Waals surface area contributed by atoms with Gasteiger partial charge in [0.05, 0.1) is 5.69 Å². The van der Waals surface area contributed by atoms with Gasteiger partial charge in [-0.1, -0.05) is 22.0 Å². The van der Waals surface area contributed by atoms with Crippen LogP contribution >= 0.6 is 15.9 Å². The summed E-state index contributed by atoms with van der Waals surface area (Å²) in [6, 6.07) is 9.07. The van der Waals surface area contributed by atoms with E-state index in [0.717, 1.165) is 10.2 Å². The Balaban J connectivity index is 2.47. The molecule has 1 aromatic heterocycles. The van der Waals surface area contributed by atoms with E-state index in [2.05, 4.69) is 20.9 Å². The minimum Gasteiger partial charge on any atom is -0.456 e. The number of carbonyl (C=O) groups excluding carboxylic acids is 1. The molecule has 2 aromatic rings. The Labute approximate surface area is 119 Å². The van der Waals surface area contributed by atoms with E-state index in [1.807, 2.05) is 25.1 Å². The van der Waals surface area contributed by atoms with Gasteiger partial charge in [-0.3, -0.25) is 9.78 Å². The second kappa shape index (κ2) is 5.40. The highest BCUT2D eigenvalue weighted by Gasteiger charge is 2.15. The summed E-state index contributed by atoms with van der Waals surface area (Å²) in [5.74, 6) is 0.507. The Bertz CT molecular complexity index is 641. The third-order valence-corrected chi connectivity index (χ3v) is 3.06. The molecule has 1 amide bonds.